The first-order valence-electron chi connectivity index (χ1n) is 12.9. The number of benzene rings is 1. The van der Waals surface area contributed by atoms with Crippen molar-refractivity contribution in [3.63, 3.8) is 0 Å². The molecule has 0 radical (unpaired) electrons. The number of hydrogen-bond acceptors (Lipinski definition) is 7. The van der Waals surface area contributed by atoms with E-state index < -0.39 is 11.2 Å². The van der Waals surface area contributed by atoms with E-state index in [4.69, 9.17) is 11.5 Å². The Morgan fingerprint density at radius 1 is 1.00 bits per heavy atom. The first-order chi connectivity index (χ1) is 17.6. The van der Waals surface area contributed by atoms with E-state index in [1.165, 1.54) is 4.57 Å². The fraction of sp³-hybridized carbons (Fsp3) is 0.538. The summed E-state index contributed by atoms with van der Waals surface area (Å²) in [5.74, 6) is 0.0393. The number of rotatable bonds is 6. The summed E-state index contributed by atoms with van der Waals surface area (Å²) in [7, 11) is 0. The number of hydrogen-bond donors (Lipinski definition) is 4. The lowest BCUT2D eigenvalue weighted by molar-refractivity contribution is -0.137. The predicted molar refractivity (Wildman–Crippen MR) is 142 cm³/mol. The van der Waals surface area contributed by atoms with E-state index in [-0.39, 0.29) is 17.8 Å². The third-order valence-electron chi connectivity index (χ3n) is 7.03. The molecular weight excluding hydrogens is 472 g/mol. The second-order valence-electron chi connectivity index (χ2n) is 10.6. The van der Waals surface area contributed by atoms with Crippen LogP contribution >= 0.6 is 0 Å². The van der Waals surface area contributed by atoms with Crippen molar-refractivity contribution >= 4 is 17.8 Å². The summed E-state index contributed by atoms with van der Waals surface area (Å²) in [6.07, 6.45) is 5.93. The molecule has 0 bridgehead atoms. The number of aromatic nitrogens is 2. The topological polar surface area (TPSA) is 152 Å². The molecule has 1 saturated heterocycles. The molecule has 6 N–H and O–H groups in total. The predicted octanol–water partition coefficient (Wildman–Crippen LogP) is 1.01. The molecule has 4 rings (SSSR count). The van der Waals surface area contributed by atoms with Gasteiger partial charge in [-0.2, -0.15) is 4.98 Å². The molecule has 1 aliphatic carbocycles. The van der Waals surface area contributed by atoms with Gasteiger partial charge in [0.2, 0.25) is 5.91 Å². The molecule has 200 valence electrons. The summed E-state index contributed by atoms with van der Waals surface area (Å²) < 4.78 is 1.44. The molecule has 11 nitrogen and oxygen atoms in total. The van der Waals surface area contributed by atoms with Crippen molar-refractivity contribution in [2.45, 2.75) is 63.7 Å². The van der Waals surface area contributed by atoms with E-state index in [0.29, 0.717) is 44.0 Å². The standard InChI is InChI=1S/C26H38N8O3/c1-26(2,28)23(35)32-13-15-33(16-14-32)24(36)30-22-11-12-34(25(37)31-22)21-9-3-18(4-10-21)17-29-20-7-5-19(27)6-8-20/h3-4,9-12,19-20,29H,5-8,13-17,27-28H2,1-2H3,(H,30,31,36,37)/t19-,20+. The van der Waals surface area contributed by atoms with Gasteiger partial charge in [0.25, 0.3) is 0 Å². The van der Waals surface area contributed by atoms with Gasteiger partial charge < -0.3 is 26.6 Å². The fourth-order valence-corrected chi connectivity index (χ4v) is 4.74. The minimum Gasteiger partial charge on any atom is -0.338 e. The number of nitrogens with one attached hydrogen (secondary N) is 2. The Labute approximate surface area is 217 Å². The van der Waals surface area contributed by atoms with Crippen LogP contribution in [-0.2, 0) is 11.3 Å². The van der Waals surface area contributed by atoms with Gasteiger partial charge >= 0.3 is 11.7 Å². The number of carbonyl (C=O) groups is 2. The number of urea groups is 1. The Morgan fingerprint density at radius 2 is 1.62 bits per heavy atom. The van der Waals surface area contributed by atoms with Crippen LogP contribution in [0, 0.1) is 0 Å². The molecule has 0 atom stereocenters. The molecular formula is C26H38N8O3. The molecule has 0 unspecified atom stereocenters. The minimum absolute atomic E-state index is 0.142. The van der Waals surface area contributed by atoms with Crippen LogP contribution in [-0.4, -0.2) is 75.1 Å². The first-order valence-corrected chi connectivity index (χ1v) is 12.9. The number of piperazine rings is 1. The van der Waals surface area contributed by atoms with Crippen molar-refractivity contribution in [3.8, 4) is 5.69 Å². The number of anilines is 1. The molecule has 2 fully saturated rings. The Hall–Kier alpha value is -3.28. The third-order valence-corrected chi connectivity index (χ3v) is 7.03. The Balaban J connectivity index is 1.29. The summed E-state index contributed by atoms with van der Waals surface area (Å²) in [6, 6.07) is 9.83. The second kappa shape index (κ2) is 11.4. The lowest BCUT2D eigenvalue weighted by Crippen LogP contribution is -2.58. The van der Waals surface area contributed by atoms with Gasteiger partial charge in [-0.1, -0.05) is 12.1 Å². The first kappa shape index (κ1) is 26.8. The van der Waals surface area contributed by atoms with Crippen molar-refractivity contribution in [2.75, 3.05) is 31.5 Å². The van der Waals surface area contributed by atoms with Crippen LogP contribution in [0.5, 0.6) is 0 Å². The maximum absolute atomic E-state index is 12.7. The summed E-state index contributed by atoms with van der Waals surface area (Å²) in [6.45, 7) is 5.67. The van der Waals surface area contributed by atoms with Crippen LogP contribution < -0.4 is 27.8 Å². The highest BCUT2D eigenvalue weighted by Gasteiger charge is 2.31. The highest BCUT2D eigenvalue weighted by molar-refractivity contribution is 5.89. The van der Waals surface area contributed by atoms with E-state index in [9.17, 15) is 14.4 Å². The molecule has 37 heavy (non-hydrogen) atoms. The highest BCUT2D eigenvalue weighted by Crippen LogP contribution is 2.18. The lowest BCUT2D eigenvalue weighted by atomic mass is 9.92. The van der Waals surface area contributed by atoms with Crippen LogP contribution in [0.3, 0.4) is 0 Å². The van der Waals surface area contributed by atoms with Crippen molar-refractivity contribution in [1.29, 1.82) is 0 Å². The van der Waals surface area contributed by atoms with Gasteiger partial charge in [-0.25, -0.2) is 9.59 Å². The maximum Gasteiger partial charge on any atom is 0.354 e. The van der Waals surface area contributed by atoms with Crippen molar-refractivity contribution in [3.05, 3.63) is 52.6 Å². The average Bonchev–Trinajstić information content (AvgIpc) is 2.88. The molecule has 2 aromatic rings. The van der Waals surface area contributed by atoms with E-state index in [1.807, 2.05) is 24.3 Å². The van der Waals surface area contributed by atoms with Crippen molar-refractivity contribution < 1.29 is 9.59 Å². The van der Waals surface area contributed by atoms with Crippen LogP contribution in [0.1, 0.15) is 45.1 Å². The SMILES string of the molecule is CC(C)(N)C(=O)N1CCN(C(=O)Nc2ccn(-c3ccc(CN[C@H]4CC[C@@H](N)CC4)cc3)c(=O)n2)CC1. The molecule has 2 heterocycles. The maximum atomic E-state index is 12.7. The van der Waals surface area contributed by atoms with Crippen molar-refractivity contribution in [2.24, 2.45) is 11.5 Å². The largest absolute Gasteiger partial charge is 0.354 e. The Bertz CT molecular complexity index is 1140. The van der Waals surface area contributed by atoms with Crippen LogP contribution in [0.4, 0.5) is 10.6 Å². The van der Waals surface area contributed by atoms with Gasteiger partial charge in [0.1, 0.15) is 5.82 Å². The van der Waals surface area contributed by atoms with Crippen LogP contribution in [0.15, 0.2) is 41.3 Å². The molecule has 11 heteroatoms. The summed E-state index contributed by atoms with van der Waals surface area (Å²) in [5.41, 5.74) is 12.3. The molecule has 1 saturated carbocycles. The molecule has 1 aromatic heterocycles. The minimum atomic E-state index is -0.945. The lowest BCUT2D eigenvalue weighted by Gasteiger charge is -2.37. The molecule has 1 aliphatic heterocycles. The Morgan fingerprint density at radius 3 is 2.22 bits per heavy atom. The number of carbonyl (C=O) groups excluding carboxylic acids is 2. The smallest absolute Gasteiger partial charge is 0.338 e. The van der Waals surface area contributed by atoms with E-state index >= 15 is 0 Å². The van der Waals surface area contributed by atoms with E-state index in [2.05, 4.69) is 15.6 Å². The second-order valence-corrected chi connectivity index (χ2v) is 10.6. The zero-order chi connectivity index (χ0) is 26.6. The normalized spacial score (nSPS) is 20.5. The summed E-state index contributed by atoms with van der Waals surface area (Å²) in [5, 5.41) is 6.27. The quantitative estimate of drug-likeness (QED) is 0.453. The zero-order valence-electron chi connectivity index (χ0n) is 21.7. The number of amides is 3. The van der Waals surface area contributed by atoms with Gasteiger partial charge in [-0.15, -0.1) is 0 Å². The molecule has 3 amide bonds. The zero-order valence-corrected chi connectivity index (χ0v) is 21.7. The van der Waals surface area contributed by atoms with Crippen LogP contribution in [0.25, 0.3) is 5.69 Å². The van der Waals surface area contributed by atoms with E-state index in [0.717, 1.165) is 37.8 Å². The van der Waals surface area contributed by atoms with Gasteiger partial charge in [-0.05, 0) is 63.3 Å². The van der Waals surface area contributed by atoms with Gasteiger partial charge in [0, 0.05) is 51.0 Å². The molecule has 2 aliphatic rings. The fourth-order valence-electron chi connectivity index (χ4n) is 4.74. The summed E-state index contributed by atoms with van der Waals surface area (Å²) >= 11 is 0. The molecule has 0 spiro atoms. The third kappa shape index (κ3) is 6.94. The van der Waals surface area contributed by atoms with Crippen molar-refractivity contribution in [1.82, 2.24) is 24.7 Å². The summed E-state index contributed by atoms with van der Waals surface area (Å²) in [4.78, 5) is 44.9. The average molecular weight is 511 g/mol. The van der Waals surface area contributed by atoms with Gasteiger partial charge in [-0.3, -0.25) is 14.7 Å². The Kier molecular flexibility index (Phi) is 8.25. The molecule has 1 aromatic carbocycles. The number of nitrogens with zero attached hydrogens (tertiary/aromatic N) is 4. The van der Waals surface area contributed by atoms with E-state index in [1.54, 1.807) is 35.9 Å². The van der Waals surface area contributed by atoms with Gasteiger partial charge in [0.15, 0.2) is 0 Å². The van der Waals surface area contributed by atoms with Crippen LogP contribution in [0.2, 0.25) is 0 Å². The van der Waals surface area contributed by atoms with Gasteiger partial charge in [0.05, 0.1) is 11.2 Å². The number of nitrogens with two attached hydrogens (primary N) is 2. The monoisotopic (exact) mass is 510 g/mol. The highest BCUT2D eigenvalue weighted by atomic mass is 16.2.